The summed E-state index contributed by atoms with van der Waals surface area (Å²) in [5.74, 6) is -0.184. The average molecular weight is 416 g/mol. The SMILES string of the molecule is CC1CC(NC(=O)c2cccc(NS(=O)(=O)c3cccs3)c2)CCN1.Cl. The molecule has 0 radical (unpaired) electrons. The van der Waals surface area contributed by atoms with E-state index in [9.17, 15) is 13.2 Å². The molecule has 2 heterocycles. The molecule has 9 heteroatoms. The van der Waals surface area contributed by atoms with Crippen molar-refractivity contribution >= 4 is 45.4 Å². The van der Waals surface area contributed by atoms with Gasteiger partial charge in [-0.15, -0.1) is 23.7 Å². The van der Waals surface area contributed by atoms with Crippen molar-refractivity contribution in [3.8, 4) is 0 Å². The summed E-state index contributed by atoms with van der Waals surface area (Å²) in [4.78, 5) is 12.5. The highest BCUT2D eigenvalue weighted by Gasteiger charge is 2.21. The van der Waals surface area contributed by atoms with Gasteiger partial charge in [0.1, 0.15) is 4.21 Å². The normalized spacial score (nSPS) is 20.0. The number of hydrogen-bond donors (Lipinski definition) is 3. The van der Waals surface area contributed by atoms with E-state index in [4.69, 9.17) is 0 Å². The summed E-state index contributed by atoms with van der Waals surface area (Å²) in [6.07, 6.45) is 1.78. The maximum absolute atomic E-state index is 12.5. The molecule has 2 aromatic rings. The molecule has 3 rings (SSSR count). The molecule has 1 aliphatic rings. The Labute approximate surface area is 163 Å². The van der Waals surface area contributed by atoms with Crippen molar-refractivity contribution in [2.24, 2.45) is 0 Å². The molecule has 6 nitrogen and oxygen atoms in total. The zero-order valence-electron chi connectivity index (χ0n) is 14.3. The van der Waals surface area contributed by atoms with Crippen molar-refractivity contribution in [3.05, 3.63) is 47.3 Å². The molecular formula is C17H22ClN3O3S2. The molecule has 1 aromatic carbocycles. The number of thiophene rings is 1. The Hall–Kier alpha value is -1.61. The number of nitrogens with one attached hydrogen (secondary N) is 3. The highest BCUT2D eigenvalue weighted by Crippen LogP contribution is 2.21. The fourth-order valence-corrected chi connectivity index (χ4v) is 4.92. The van der Waals surface area contributed by atoms with Crippen LogP contribution in [0.5, 0.6) is 0 Å². The Kier molecular flexibility index (Phi) is 7.05. The molecule has 1 fully saturated rings. The Morgan fingerprint density at radius 1 is 1.27 bits per heavy atom. The summed E-state index contributed by atoms with van der Waals surface area (Å²) in [5, 5.41) is 8.08. The number of amides is 1. The van der Waals surface area contributed by atoms with Gasteiger partial charge in [0, 0.05) is 23.3 Å². The minimum Gasteiger partial charge on any atom is -0.349 e. The molecule has 0 spiro atoms. The van der Waals surface area contributed by atoms with Gasteiger partial charge < -0.3 is 10.6 Å². The molecular weight excluding hydrogens is 394 g/mol. The van der Waals surface area contributed by atoms with E-state index in [0.29, 0.717) is 17.3 Å². The number of halogens is 1. The number of carbonyl (C=O) groups excluding carboxylic acids is 1. The van der Waals surface area contributed by atoms with Gasteiger partial charge in [0.15, 0.2) is 0 Å². The van der Waals surface area contributed by atoms with Crippen LogP contribution in [0.1, 0.15) is 30.1 Å². The van der Waals surface area contributed by atoms with Crippen LogP contribution < -0.4 is 15.4 Å². The topological polar surface area (TPSA) is 87.3 Å². The van der Waals surface area contributed by atoms with Gasteiger partial charge in [0.2, 0.25) is 0 Å². The molecule has 1 saturated heterocycles. The maximum atomic E-state index is 12.5. The lowest BCUT2D eigenvalue weighted by Gasteiger charge is -2.28. The summed E-state index contributed by atoms with van der Waals surface area (Å²) in [5.41, 5.74) is 0.817. The van der Waals surface area contributed by atoms with Gasteiger partial charge >= 0.3 is 0 Å². The smallest absolute Gasteiger partial charge is 0.271 e. The van der Waals surface area contributed by atoms with E-state index < -0.39 is 10.0 Å². The van der Waals surface area contributed by atoms with E-state index in [1.165, 1.54) is 0 Å². The first-order valence-electron chi connectivity index (χ1n) is 8.15. The summed E-state index contributed by atoms with van der Waals surface area (Å²) in [6, 6.07) is 10.3. The van der Waals surface area contributed by atoms with Crippen molar-refractivity contribution in [3.63, 3.8) is 0 Å². The monoisotopic (exact) mass is 415 g/mol. The molecule has 1 aliphatic heterocycles. The highest BCUT2D eigenvalue weighted by molar-refractivity contribution is 7.94. The third-order valence-electron chi connectivity index (χ3n) is 4.10. The first-order chi connectivity index (χ1) is 11.9. The maximum Gasteiger partial charge on any atom is 0.271 e. The number of anilines is 1. The van der Waals surface area contributed by atoms with Crippen molar-refractivity contribution in [2.45, 2.75) is 36.1 Å². The molecule has 26 heavy (non-hydrogen) atoms. The lowest BCUT2D eigenvalue weighted by molar-refractivity contribution is 0.0925. The standard InChI is InChI=1S/C17H21N3O3S2.ClH/c1-12-10-14(7-8-18-12)19-17(21)13-4-2-5-15(11-13)20-25(22,23)16-6-3-9-24-16;/h2-6,9,11-12,14,18,20H,7-8,10H2,1H3,(H,19,21);1H. The Balaban J connectivity index is 0.00000243. The first-order valence-corrected chi connectivity index (χ1v) is 10.5. The molecule has 142 valence electrons. The molecule has 2 unspecified atom stereocenters. The van der Waals surface area contributed by atoms with Crippen molar-refractivity contribution in [1.29, 1.82) is 0 Å². The predicted molar refractivity (Wildman–Crippen MR) is 107 cm³/mol. The van der Waals surface area contributed by atoms with Gasteiger partial charge in [0.25, 0.3) is 15.9 Å². The molecule has 0 saturated carbocycles. The number of piperidine rings is 1. The zero-order chi connectivity index (χ0) is 17.9. The highest BCUT2D eigenvalue weighted by atomic mass is 35.5. The second-order valence-electron chi connectivity index (χ2n) is 6.17. The van der Waals surface area contributed by atoms with Crippen molar-refractivity contribution < 1.29 is 13.2 Å². The van der Waals surface area contributed by atoms with Crippen LogP contribution in [-0.4, -0.2) is 33.0 Å². The van der Waals surface area contributed by atoms with Crippen LogP contribution in [-0.2, 0) is 10.0 Å². The van der Waals surface area contributed by atoms with E-state index in [1.54, 1.807) is 41.8 Å². The fourth-order valence-electron chi connectivity index (χ4n) is 2.88. The van der Waals surface area contributed by atoms with E-state index in [1.807, 2.05) is 0 Å². The summed E-state index contributed by atoms with van der Waals surface area (Å²) < 4.78 is 27.3. The number of sulfonamides is 1. The van der Waals surface area contributed by atoms with E-state index in [2.05, 4.69) is 22.3 Å². The number of carbonyl (C=O) groups is 1. The van der Waals surface area contributed by atoms with Gasteiger partial charge in [-0.1, -0.05) is 12.1 Å². The van der Waals surface area contributed by atoms with Crippen LogP contribution >= 0.6 is 23.7 Å². The number of hydrogen-bond acceptors (Lipinski definition) is 5. The van der Waals surface area contributed by atoms with E-state index >= 15 is 0 Å². The second kappa shape index (κ2) is 8.85. The molecule has 2 atom stereocenters. The summed E-state index contributed by atoms with van der Waals surface area (Å²) in [6.45, 7) is 2.98. The van der Waals surface area contributed by atoms with Gasteiger partial charge in [-0.3, -0.25) is 9.52 Å². The number of benzene rings is 1. The van der Waals surface area contributed by atoms with Crippen LogP contribution in [0.15, 0.2) is 46.0 Å². The minimum atomic E-state index is -3.62. The van der Waals surface area contributed by atoms with E-state index in [0.717, 1.165) is 30.7 Å². The number of rotatable bonds is 5. The van der Waals surface area contributed by atoms with E-state index in [-0.39, 0.29) is 28.6 Å². The van der Waals surface area contributed by atoms with Crippen molar-refractivity contribution in [1.82, 2.24) is 10.6 Å². The van der Waals surface area contributed by atoms with Crippen LogP contribution in [0, 0.1) is 0 Å². The fraction of sp³-hybridized carbons (Fsp3) is 0.353. The quantitative estimate of drug-likeness (QED) is 0.700. The third kappa shape index (κ3) is 5.20. The lowest BCUT2D eigenvalue weighted by Crippen LogP contribution is -2.46. The lowest BCUT2D eigenvalue weighted by atomic mass is 10.0. The molecule has 3 N–H and O–H groups in total. The van der Waals surface area contributed by atoms with Crippen LogP contribution in [0.2, 0.25) is 0 Å². The van der Waals surface area contributed by atoms with Crippen LogP contribution in [0.3, 0.4) is 0 Å². The van der Waals surface area contributed by atoms with Gasteiger partial charge in [-0.05, 0) is 56.0 Å². The molecule has 1 aromatic heterocycles. The molecule has 0 aliphatic carbocycles. The van der Waals surface area contributed by atoms with Crippen LogP contribution in [0.4, 0.5) is 5.69 Å². The molecule has 0 bridgehead atoms. The van der Waals surface area contributed by atoms with Gasteiger partial charge in [0.05, 0.1) is 0 Å². The van der Waals surface area contributed by atoms with Crippen LogP contribution in [0.25, 0.3) is 0 Å². The predicted octanol–water partition coefficient (Wildman–Crippen LogP) is 2.84. The Morgan fingerprint density at radius 2 is 2.08 bits per heavy atom. The zero-order valence-corrected chi connectivity index (χ0v) is 16.7. The minimum absolute atomic E-state index is 0. The Morgan fingerprint density at radius 3 is 2.77 bits per heavy atom. The summed E-state index contributed by atoms with van der Waals surface area (Å²) in [7, 11) is -3.62. The molecule has 1 amide bonds. The van der Waals surface area contributed by atoms with Gasteiger partial charge in [-0.2, -0.15) is 0 Å². The first kappa shape index (κ1) is 20.7. The second-order valence-corrected chi connectivity index (χ2v) is 9.03. The van der Waals surface area contributed by atoms with Gasteiger partial charge in [-0.25, -0.2) is 8.42 Å². The average Bonchev–Trinajstić information content (AvgIpc) is 3.10. The Bertz CT molecular complexity index is 841. The van der Waals surface area contributed by atoms with Crippen molar-refractivity contribution in [2.75, 3.05) is 11.3 Å². The summed E-state index contributed by atoms with van der Waals surface area (Å²) >= 11 is 1.15. The third-order valence-corrected chi connectivity index (χ3v) is 6.87. The largest absolute Gasteiger partial charge is 0.349 e.